The maximum atomic E-state index is 4.81. The number of fused-ring (bicyclic) bond motifs is 1. The van der Waals surface area contributed by atoms with Crippen molar-refractivity contribution >= 4 is 5.82 Å². The molecule has 24 heavy (non-hydrogen) atoms. The first kappa shape index (κ1) is 15.1. The number of rotatable bonds is 5. The van der Waals surface area contributed by atoms with Crippen LogP contribution in [0.1, 0.15) is 49.9 Å². The minimum atomic E-state index is 0.498. The zero-order valence-electron chi connectivity index (χ0n) is 14.0. The number of aromatic nitrogens is 4. The molecule has 0 bridgehead atoms. The molecule has 0 aromatic heterocycles. The zero-order chi connectivity index (χ0) is 16.4. The van der Waals surface area contributed by atoms with Crippen LogP contribution in [0.3, 0.4) is 0 Å². The molecule has 1 aliphatic carbocycles. The topological polar surface area (TPSA) is 66.5 Å². The molecule has 2 atom stereocenters. The highest BCUT2D eigenvalue weighted by Gasteiger charge is 2.29. The fraction of sp³-hybridized carbons (Fsp3) is 0.421. The minimum absolute atomic E-state index is 0.498. The summed E-state index contributed by atoms with van der Waals surface area (Å²) in [6.07, 6.45) is 6.67. The highest BCUT2D eigenvalue weighted by molar-refractivity contribution is 5.67. The predicted octanol–water partition coefficient (Wildman–Crippen LogP) is 4.21. The van der Waals surface area contributed by atoms with Crippen molar-refractivity contribution in [3.05, 3.63) is 48.0 Å². The molecule has 1 aromatic rings. The molecule has 0 radical (unpaired) electrons. The van der Waals surface area contributed by atoms with Crippen molar-refractivity contribution in [1.29, 1.82) is 0 Å². The summed E-state index contributed by atoms with van der Waals surface area (Å²) in [7, 11) is 0. The van der Waals surface area contributed by atoms with Crippen molar-refractivity contribution in [1.82, 2.24) is 19.9 Å². The summed E-state index contributed by atoms with van der Waals surface area (Å²) in [4.78, 5) is 17.1. The lowest BCUT2D eigenvalue weighted by Crippen LogP contribution is -2.04. The Kier molecular flexibility index (Phi) is 4.15. The number of nitrogens with zero attached hydrogens (tertiary/aromatic N) is 3. The van der Waals surface area contributed by atoms with Gasteiger partial charge in [-0.25, -0.2) is 15.0 Å². The summed E-state index contributed by atoms with van der Waals surface area (Å²) >= 11 is 0. The Hall–Kier alpha value is -2.43. The van der Waals surface area contributed by atoms with E-state index in [1.54, 1.807) is 6.33 Å². The molecule has 124 valence electrons. The normalized spacial score (nSPS) is 20.5. The summed E-state index contributed by atoms with van der Waals surface area (Å²) < 4.78 is 0. The molecule has 2 N–H and O–H groups in total. The third-order valence-electron chi connectivity index (χ3n) is 5.08. The molecule has 5 nitrogen and oxygen atoms in total. The van der Waals surface area contributed by atoms with Gasteiger partial charge in [-0.05, 0) is 30.7 Å². The number of hydrogen-bond acceptors (Lipinski definition) is 4. The van der Waals surface area contributed by atoms with Gasteiger partial charge in [0.25, 0.3) is 0 Å². The fourth-order valence-corrected chi connectivity index (χ4v) is 3.62. The fourth-order valence-electron chi connectivity index (χ4n) is 3.62. The molecule has 1 aromatic carbocycles. The van der Waals surface area contributed by atoms with Crippen LogP contribution in [0.4, 0.5) is 5.82 Å². The molecule has 1 saturated carbocycles. The van der Waals surface area contributed by atoms with E-state index >= 15 is 0 Å². The molecule has 2 heterocycles. The van der Waals surface area contributed by atoms with E-state index in [0.717, 1.165) is 35.6 Å². The number of aromatic amines is 1. The van der Waals surface area contributed by atoms with Crippen LogP contribution in [0.2, 0.25) is 0 Å². The minimum Gasteiger partial charge on any atom is -0.364 e. The Balaban J connectivity index is 1.54. The van der Waals surface area contributed by atoms with E-state index in [4.69, 9.17) is 9.97 Å². The third kappa shape index (κ3) is 2.98. The Labute approximate surface area is 142 Å². The Morgan fingerprint density at radius 2 is 2.04 bits per heavy atom. The van der Waals surface area contributed by atoms with Crippen molar-refractivity contribution in [2.75, 3.05) is 5.32 Å². The number of benzene rings is 1. The van der Waals surface area contributed by atoms with Gasteiger partial charge in [0, 0.05) is 12.5 Å². The summed E-state index contributed by atoms with van der Waals surface area (Å²) in [6, 6.07) is 10.3. The molecule has 0 saturated heterocycles. The van der Waals surface area contributed by atoms with Crippen LogP contribution in [0.5, 0.6) is 0 Å². The molecule has 0 spiro atoms. The Bertz CT molecular complexity index is 767. The van der Waals surface area contributed by atoms with E-state index < -0.39 is 0 Å². The van der Waals surface area contributed by atoms with E-state index in [9.17, 15) is 0 Å². The van der Waals surface area contributed by atoms with Gasteiger partial charge >= 0.3 is 0 Å². The van der Waals surface area contributed by atoms with Gasteiger partial charge in [0.2, 0.25) is 0 Å². The van der Waals surface area contributed by atoms with Crippen LogP contribution in [0.15, 0.2) is 36.7 Å². The first-order valence-electron chi connectivity index (χ1n) is 8.82. The van der Waals surface area contributed by atoms with Gasteiger partial charge in [-0.1, -0.05) is 43.7 Å². The standard InChI is InChI=1S/C19H23N5/c1-2-13-8-9-15(10-13)17-23-16-18(21-12-22-19(16)24-17)20-11-14-6-4-3-5-7-14/h3-7,12-13,15H,2,8-11H2,1H3,(H2,20,21,22,23,24). The van der Waals surface area contributed by atoms with Gasteiger partial charge in [-0.15, -0.1) is 0 Å². The Morgan fingerprint density at radius 1 is 1.17 bits per heavy atom. The van der Waals surface area contributed by atoms with Crippen LogP contribution < -0.4 is 5.32 Å². The average Bonchev–Trinajstić information content (AvgIpc) is 3.27. The van der Waals surface area contributed by atoms with Gasteiger partial charge in [0.15, 0.2) is 17.3 Å². The molecule has 3 aliphatic rings. The van der Waals surface area contributed by atoms with Gasteiger partial charge in [-0.3, -0.25) is 0 Å². The average molecular weight is 321 g/mol. The second-order valence-electron chi connectivity index (χ2n) is 6.65. The molecule has 2 aliphatic heterocycles. The van der Waals surface area contributed by atoms with E-state index in [1.165, 1.54) is 31.2 Å². The van der Waals surface area contributed by atoms with Crippen molar-refractivity contribution < 1.29 is 0 Å². The van der Waals surface area contributed by atoms with Crippen molar-refractivity contribution in [2.45, 2.75) is 45.1 Å². The lowest BCUT2D eigenvalue weighted by atomic mass is 10.0. The number of imidazole rings is 1. The summed E-state index contributed by atoms with van der Waals surface area (Å²) in [5.74, 6) is 3.94. The van der Waals surface area contributed by atoms with Crippen molar-refractivity contribution in [2.24, 2.45) is 5.92 Å². The van der Waals surface area contributed by atoms with Gasteiger partial charge in [-0.2, -0.15) is 0 Å². The van der Waals surface area contributed by atoms with Gasteiger partial charge in [0.1, 0.15) is 5.82 Å². The maximum Gasteiger partial charge on any atom is 0.163 e. The first-order valence-corrected chi connectivity index (χ1v) is 8.82. The first-order chi connectivity index (χ1) is 11.8. The SMILES string of the molecule is CCC1CCC(c2nc3[nH]cnc(NCc4ccccc4)c-3n2)C1. The van der Waals surface area contributed by atoms with Crippen LogP contribution in [0.25, 0.3) is 11.5 Å². The smallest absolute Gasteiger partial charge is 0.163 e. The molecule has 5 heteroatoms. The number of anilines is 1. The number of nitrogens with one attached hydrogen (secondary N) is 2. The number of H-pyrrole nitrogens is 1. The monoisotopic (exact) mass is 321 g/mol. The van der Waals surface area contributed by atoms with E-state index in [2.05, 4.69) is 34.3 Å². The van der Waals surface area contributed by atoms with Crippen LogP contribution in [0, 0.1) is 5.92 Å². The van der Waals surface area contributed by atoms with Crippen LogP contribution in [-0.4, -0.2) is 19.9 Å². The van der Waals surface area contributed by atoms with Gasteiger partial charge < -0.3 is 10.3 Å². The largest absolute Gasteiger partial charge is 0.364 e. The summed E-state index contributed by atoms with van der Waals surface area (Å²) in [5, 5.41) is 3.39. The molecule has 0 amide bonds. The van der Waals surface area contributed by atoms with Crippen molar-refractivity contribution in [3.8, 4) is 11.5 Å². The lowest BCUT2D eigenvalue weighted by Gasteiger charge is -2.08. The quantitative estimate of drug-likeness (QED) is 0.738. The summed E-state index contributed by atoms with van der Waals surface area (Å²) in [5.41, 5.74) is 2.07. The summed E-state index contributed by atoms with van der Waals surface area (Å²) in [6.45, 7) is 3.01. The van der Waals surface area contributed by atoms with E-state index in [-0.39, 0.29) is 0 Å². The lowest BCUT2D eigenvalue weighted by molar-refractivity contribution is 0.517. The highest BCUT2D eigenvalue weighted by Crippen LogP contribution is 2.40. The molecule has 4 rings (SSSR count). The molecular weight excluding hydrogens is 298 g/mol. The van der Waals surface area contributed by atoms with Crippen LogP contribution >= 0.6 is 0 Å². The van der Waals surface area contributed by atoms with Gasteiger partial charge in [0.05, 0.1) is 6.33 Å². The second kappa shape index (κ2) is 6.59. The number of hydrogen-bond donors (Lipinski definition) is 2. The van der Waals surface area contributed by atoms with Crippen molar-refractivity contribution in [3.63, 3.8) is 0 Å². The highest BCUT2D eigenvalue weighted by atomic mass is 15.1. The second-order valence-corrected chi connectivity index (χ2v) is 6.65. The Morgan fingerprint density at radius 3 is 2.83 bits per heavy atom. The molecular formula is C19H23N5. The molecule has 1 fully saturated rings. The van der Waals surface area contributed by atoms with Crippen LogP contribution in [-0.2, 0) is 6.54 Å². The predicted molar refractivity (Wildman–Crippen MR) is 94.9 cm³/mol. The van der Waals surface area contributed by atoms with E-state index in [0.29, 0.717) is 5.92 Å². The third-order valence-corrected chi connectivity index (χ3v) is 5.08. The van der Waals surface area contributed by atoms with E-state index in [1.807, 2.05) is 18.2 Å². The maximum absolute atomic E-state index is 4.81. The molecule has 2 unspecified atom stereocenters. The zero-order valence-corrected chi connectivity index (χ0v) is 14.0.